The molecule has 1 saturated heterocycles. The van der Waals surface area contributed by atoms with E-state index in [1.54, 1.807) is 11.3 Å². The van der Waals surface area contributed by atoms with Gasteiger partial charge in [-0.3, -0.25) is 0 Å². The van der Waals surface area contributed by atoms with E-state index >= 15 is 0 Å². The summed E-state index contributed by atoms with van der Waals surface area (Å²) in [7, 11) is 0. The molecule has 0 radical (unpaired) electrons. The molecule has 1 aliphatic heterocycles. The highest BCUT2D eigenvalue weighted by molar-refractivity contribution is 9.10. The smallest absolute Gasteiger partial charge is 0.0448 e. The average molecular weight is 303 g/mol. The van der Waals surface area contributed by atoms with E-state index in [9.17, 15) is 0 Å². The van der Waals surface area contributed by atoms with Crippen LogP contribution >= 0.6 is 27.3 Å². The molecule has 1 N–H and O–H groups in total. The molecule has 0 spiro atoms. The fourth-order valence-corrected chi connectivity index (χ4v) is 3.73. The Balaban J connectivity index is 1.88. The van der Waals surface area contributed by atoms with Gasteiger partial charge in [-0.2, -0.15) is 0 Å². The summed E-state index contributed by atoms with van der Waals surface area (Å²) in [4.78, 5) is 1.39. The van der Waals surface area contributed by atoms with Crippen molar-refractivity contribution in [1.29, 1.82) is 0 Å². The van der Waals surface area contributed by atoms with Gasteiger partial charge in [0.1, 0.15) is 0 Å². The fourth-order valence-electron chi connectivity index (χ4n) is 2.35. The summed E-state index contributed by atoms with van der Waals surface area (Å²) in [6.45, 7) is 5.57. The molecular formula is C12H19BrN2S. The zero-order chi connectivity index (χ0) is 11.5. The molecule has 0 aliphatic carbocycles. The van der Waals surface area contributed by atoms with Gasteiger partial charge < -0.3 is 0 Å². The van der Waals surface area contributed by atoms with Crippen LogP contribution in [0.2, 0.25) is 0 Å². The summed E-state index contributed by atoms with van der Waals surface area (Å²) in [6.07, 6.45) is 3.99. The maximum atomic E-state index is 3.57. The molecule has 1 fully saturated rings. The van der Waals surface area contributed by atoms with Crippen LogP contribution in [-0.2, 0) is 6.54 Å². The molecular weight excluding hydrogens is 284 g/mol. The van der Waals surface area contributed by atoms with Crippen LogP contribution in [0.15, 0.2) is 15.9 Å². The second-order valence-electron chi connectivity index (χ2n) is 4.60. The number of hydrogen-bond acceptors (Lipinski definition) is 3. The molecule has 2 nitrogen and oxygen atoms in total. The molecule has 0 bridgehead atoms. The summed E-state index contributed by atoms with van der Waals surface area (Å²) in [5, 5.41) is 4.57. The van der Waals surface area contributed by atoms with Gasteiger partial charge in [-0.1, -0.05) is 6.42 Å². The van der Waals surface area contributed by atoms with Gasteiger partial charge in [0, 0.05) is 33.4 Å². The molecule has 2 atom stereocenters. The van der Waals surface area contributed by atoms with Crippen molar-refractivity contribution in [2.75, 3.05) is 0 Å². The Morgan fingerprint density at radius 3 is 2.69 bits per heavy atom. The van der Waals surface area contributed by atoms with Gasteiger partial charge in [0.25, 0.3) is 0 Å². The van der Waals surface area contributed by atoms with Crippen molar-refractivity contribution in [2.45, 2.75) is 51.7 Å². The number of rotatable bonds is 3. The van der Waals surface area contributed by atoms with Gasteiger partial charge in [-0.05, 0) is 48.7 Å². The van der Waals surface area contributed by atoms with Crippen molar-refractivity contribution < 1.29 is 0 Å². The van der Waals surface area contributed by atoms with Crippen LogP contribution in [0.3, 0.4) is 0 Å². The van der Waals surface area contributed by atoms with Crippen LogP contribution in [0.4, 0.5) is 0 Å². The van der Waals surface area contributed by atoms with Crippen molar-refractivity contribution in [3.63, 3.8) is 0 Å². The van der Waals surface area contributed by atoms with Gasteiger partial charge >= 0.3 is 0 Å². The summed E-state index contributed by atoms with van der Waals surface area (Å²) in [5.74, 6) is 0. The first-order valence-corrected chi connectivity index (χ1v) is 7.59. The van der Waals surface area contributed by atoms with Crippen LogP contribution in [0.25, 0.3) is 0 Å². The third-order valence-electron chi connectivity index (χ3n) is 3.25. The monoisotopic (exact) mass is 302 g/mol. The third kappa shape index (κ3) is 3.06. The molecule has 0 amide bonds. The van der Waals surface area contributed by atoms with Crippen molar-refractivity contribution in [3.8, 4) is 0 Å². The Morgan fingerprint density at radius 1 is 1.44 bits per heavy atom. The minimum absolute atomic E-state index is 0.659. The van der Waals surface area contributed by atoms with Gasteiger partial charge in [0.15, 0.2) is 0 Å². The van der Waals surface area contributed by atoms with E-state index in [0.717, 1.165) is 6.54 Å². The molecule has 90 valence electrons. The number of halogens is 1. The van der Waals surface area contributed by atoms with E-state index in [1.165, 1.54) is 28.6 Å². The molecule has 1 aromatic heterocycles. The Morgan fingerprint density at radius 2 is 2.12 bits per heavy atom. The van der Waals surface area contributed by atoms with Crippen LogP contribution in [0.5, 0.6) is 0 Å². The van der Waals surface area contributed by atoms with Gasteiger partial charge in [0.05, 0.1) is 0 Å². The van der Waals surface area contributed by atoms with Crippen LogP contribution in [-0.4, -0.2) is 17.1 Å². The summed E-state index contributed by atoms with van der Waals surface area (Å²) in [5.41, 5.74) is 3.57. The molecule has 1 aliphatic rings. The number of nitrogens with one attached hydrogen (secondary N) is 1. The van der Waals surface area contributed by atoms with Crippen molar-refractivity contribution in [1.82, 2.24) is 10.4 Å². The van der Waals surface area contributed by atoms with Crippen LogP contribution in [0.1, 0.15) is 38.0 Å². The standard InChI is InChI=1S/C12H19BrN2S/c1-9-4-3-5-10(2)15(9)14-7-12-6-11(13)8-16-12/h6,8-10,14H,3-5,7H2,1-2H3. The number of nitrogens with zero attached hydrogens (tertiary/aromatic N) is 1. The SMILES string of the molecule is CC1CCCC(C)N1NCc1cc(Br)cs1. The third-order valence-corrected chi connectivity index (χ3v) is 4.95. The maximum Gasteiger partial charge on any atom is 0.0448 e. The highest BCUT2D eigenvalue weighted by atomic mass is 79.9. The zero-order valence-corrected chi connectivity index (χ0v) is 12.3. The van der Waals surface area contributed by atoms with E-state index in [2.05, 4.69) is 51.7 Å². The summed E-state index contributed by atoms with van der Waals surface area (Å²) >= 11 is 5.30. The summed E-state index contributed by atoms with van der Waals surface area (Å²) < 4.78 is 1.19. The second-order valence-corrected chi connectivity index (χ2v) is 6.51. The number of thiophene rings is 1. The first-order valence-electron chi connectivity index (χ1n) is 5.91. The van der Waals surface area contributed by atoms with Crippen molar-refractivity contribution in [3.05, 3.63) is 20.8 Å². The van der Waals surface area contributed by atoms with E-state index in [1.807, 2.05) is 0 Å². The predicted molar refractivity (Wildman–Crippen MR) is 73.5 cm³/mol. The lowest BCUT2D eigenvalue weighted by Gasteiger charge is -2.39. The lowest BCUT2D eigenvalue weighted by Crippen LogP contribution is -2.51. The largest absolute Gasteiger partial charge is 0.249 e. The maximum absolute atomic E-state index is 3.57. The van der Waals surface area contributed by atoms with Crippen LogP contribution in [0, 0.1) is 0 Å². The zero-order valence-electron chi connectivity index (χ0n) is 9.87. The number of hydrazine groups is 1. The molecule has 16 heavy (non-hydrogen) atoms. The second kappa shape index (κ2) is 5.63. The molecule has 2 rings (SSSR count). The number of piperidine rings is 1. The molecule has 4 heteroatoms. The molecule has 2 heterocycles. The Labute approximate surface area is 110 Å². The normalized spacial score (nSPS) is 27.2. The predicted octanol–water partition coefficient (Wildman–Crippen LogP) is 3.78. The highest BCUT2D eigenvalue weighted by Gasteiger charge is 2.24. The Bertz CT molecular complexity index is 330. The van der Waals surface area contributed by atoms with E-state index < -0.39 is 0 Å². The van der Waals surface area contributed by atoms with E-state index in [4.69, 9.17) is 0 Å². The van der Waals surface area contributed by atoms with E-state index in [-0.39, 0.29) is 0 Å². The van der Waals surface area contributed by atoms with Gasteiger partial charge in [0.2, 0.25) is 0 Å². The quantitative estimate of drug-likeness (QED) is 0.914. The molecule has 1 aromatic rings. The topological polar surface area (TPSA) is 15.3 Å². The molecule has 2 unspecified atom stereocenters. The minimum Gasteiger partial charge on any atom is -0.249 e. The van der Waals surface area contributed by atoms with Crippen LogP contribution < -0.4 is 5.43 Å². The van der Waals surface area contributed by atoms with Crippen molar-refractivity contribution >= 4 is 27.3 Å². The number of hydrogen-bond donors (Lipinski definition) is 1. The molecule has 0 aromatic carbocycles. The highest BCUT2D eigenvalue weighted by Crippen LogP contribution is 2.22. The Hall–Kier alpha value is 0.1000. The lowest BCUT2D eigenvalue weighted by atomic mass is 10.00. The van der Waals surface area contributed by atoms with Gasteiger partial charge in [-0.25, -0.2) is 10.4 Å². The first kappa shape index (κ1) is 12.6. The fraction of sp³-hybridized carbons (Fsp3) is 0.667. The first-order chi connectivity index (χ1) is 7.66. The average Bonchev–Trinajstić information content (AvgIpc) is 2.63. The van der Waals surface area contributed by atoms with Crippen molar-refractivity contribution in [2.24, 2.45) is 0 Å². The molecule has 0 saturated carbocycles. The lowest BCUT2D eigenvalue weighted by molar-refractivity contribution is 0.0439. The summed E-state index contributed by atoms with van der Waals surface area (Å²) in [6, 6.07) is 3.51. The minimum atomic E-state index is 0.659. The Kier molecular flexibility index (Phi) is 4.41. The van der Waals surface area contributed by atoms with E-state index in [0.29, 0.717) is 12.1 Å². The van der Waals surface area contributed by atoms with Gasteiger partial charge in [-0.15, -0.1) is 11.3 Å².